The Balaban J connectivity index is 0.00000392. The smallest absolute Gasteiger partial charge is 0.319 e. The van der Waals surface area contributed by atoms with Crippen molar-refractivity contribution < 1.29 is 4.79 Å². The number of nitrogens with zero attached hydrogens (tertiary/aromatic N) is 2. The molecule has 0 saturated heterocycles. The molecule has 0 unspecified atom stereocenters. The topological polar surface area (TPSA) is 90.4 Å². The van der Waals surface area contributed by atoms with E-state index in [0.717, 1.165) is 35.9 Å². The first-order valence-electron chi connectivity index (χ1n) is 9.07. The quantitative estimate of drug-likeness (QED) is 0.270. The van der Waals surface area contributed by atoms with Gasteiger partial charge in [0.15, 0.2) is 5.96 Å². The van der Waals surface area contributed by atoms with Crippen molar-refractivity contribution >= 4 is 41.7 Å². The van der Waals surface area contributed by atoms with E-state index in [1.54, 1.807) is 13.2 Å². The predicted octanol–water partition coefficient (Wildman–Crippen LogP) is 3.14. The van der Waals surface area contributed by atoms with Gasteiger partial charge in [0.1, 0.15) is 0 Å². The number of urea groups is 1. The molecule has 1 aromatic heterocycles. The van der Waals surface area contributed by atoms with Crippen molar-refractivity contribution in [3.63, 3.8) is 0 Å². The average Bonchev–Trinajstić information content (AvgIpc) is 2.66. The van der Waals surface area contributed by atoms with E-state index >= 15 is 0 Å². The Kier molecular flexibility index (Phi) is 10.9. The molecule has 2 aromatic rings. The van der Waals surface area contributed by atoms with Crippen LogP contribution in [0.25, 0.3) is 0 Å². The number of hydrogen-bond acceptors (Lipinski definition) is 3. The monoisotopic (exact) mass is 496 g/mol. The summed E-state index contributed by atoms with van der Waals surface area (Å²) >= 11 is 0. The third-order valence-electron chi connectivity index (χ3n) is 3.71. The number of halogens is 1. The Morgan fingerprint density at radius 2 is 1.86 bits per heavy atom. The fraction of sp³-hybridized carbons (Fsp3) is 0.350. The maximum atomic E-state index is 11.7. The first-order chi connectivity index (χ1) is 13.1. The number of rotatable bonds is 7. The number of benzene rings is 1. The molecule has 0 aliphatic rings. The molecule has 8 heteroatoms. The van der Waals surface area contributed by atoms with Gasteiger partial charge in [-0.2, -0.15) is 0 Å². The number of anilines is 1. The normalized spacial score (nSPS) is 10.8. The van der Waals surface area contributed by atoms with Gasteiger partial charge in [-0.15, -0.1) is 24.0 Å². The van der Waals surface area contributed by atoms with Crippen LogP contribution < -0.4 is 21.3 Å². The van der Waals surface area contributed by atoms with Gasteiger partial charge in [-0.05, 0) is 43.7 Å². The van der Waals surface area contributed by atoms with Crippen molar-refractivity contribution in [1.29, 1.82) is 0 Å². The average molecular weight is 496 g/mol. The minimum absolute atomic E-state index is 0. The largest absolute Gasteiger partial charge is 0.356 e. The Labute approximate surface area is 183 Å². The summed E-state index contributed by atoms with van der Waals surface area (Å²) in [4.78, 5) is 20.2. The molecule has 0 fully saturated rings. The second-order valence-electron chi connectivity index (χ2n) is 6.37. The summed E-state index contributed by atoms with van der Waals surface area (Å²) < 4.78 is 0. The fourth-order valence-corrected chi connectivity index (χ4v) is 2.40. The molecular weight excluding hydrogens is 467 g/mol. The van der Waals surface area contributed by atoms with E-state index in [9.17, 15) is 4.79 Å². The summed E-state index contributed by atoms with van der Waals surface area (Å²) in [6.45, 7) is 5.24. The lowest BCUT2D eigenvalue weighted by atomic mass is 10.2. The van der Waals surface area contributed by atoms with Crippen molar-refractivity contribution in [1.82, 2.24) is 20.9 Å². The fourth-order valence-electron chi connectivity index (χ4n) is 2.40. The van der Waals surface area contributed by atoms with Gasteiger partial charge in [-0.25, -0.2) is 4.79 Å². The summed E-state index contributed by atoms with van der Waals surface area (Å²) in [5.41, 5.74) is 2.90. The van der Waals surface area contributed by atoms with Crippen LogP contribution in [0.4, 0.5) is 10.5 Å². The molecule has 1 heterocycles. The highest BCUT2D eigenvalue weighted by atomic mass is 127. The Morgan fingerprint density at radius 1 is 1.11 bits per heavy atom. The van der Waals surface area contributed by atoms with Crippen molar-refractivity contribution in [3.05, 3.63) is 59.9 Å². The molecule has 1 aromatic carbocycles. The third-order valence-corrected chi connectivity index (χ3v) is 3.71. The number of carbonyl (C=O) groups is 1. The molecule has 0 aliphatic heterocycles. The highest BCUT2D eigenvalue weighted by molar-refractivity contribution is 14.0. The molecule has 0 atom stereocenters. The van der Waals surface area contributed by atoms with Crippen LogP contribution in [-0.4, -0.2) is 36.6 Å². The zero-order valence-electron chi connectivity index (χ0n) is 16.5. The lowest BCUT2D eigenvalue weighted by molar-refractivity contribution is 0.250. The molecule has 0 spiro atoms. The molecule has 4 N–H and O–H groups in total. The molecule has 28 heavy (non-hydrogen) atoms. The predicted molar refractivity (Wildman–Crippen MR) is 125 cm³/mol. The van der Waals surface area contributed by atoms with Gasteiger partial charge < -0.3 is 21.3 Å². The number of nitrogens with one attached hydrogen (secondary N) is 4. The van der Waals surface area contributed by atoms with Crippen LogP contribution in [0.3, 0.4) is 0 Å². The number of guanidine groups is 1. The number of carbonyl (C=O) groups excluding carboxylic acids is 1. The lowest BCUT2D eigenvalue weighted by Gasteiger charge is -2.13. The zero-order chi connectivity index (χ0) is 19.5. The summed E-state index contributed by atoms with van der Waals surface area (Å²) in [5.74, 6) is 0.740. The van der Waals surface area contributed by atoms with E-state index in [4.69, 9.17) is 0 Å². The van der Waals surface area contributed by atoms with Crippen molar-refractivity contribution in [2.24, 2.45) is 4.99 Å². The van der Waals surface area contributed by atoms with Gasteiger partial charge in [-0.1, -0.05) is 18.2 Å². The first kappa shape index (κ1) is 23.7. The maximum Gasteiger partial charge on any atom is 0.319 e. The number of hydrogen-bond donors (Lipinski definition) is 4. The molecule has 0 bridgehead atoms. The van der Waals surface area contributed by atoms with E-state index in [0.29, 0.717) is 6.54 Å². The Morgan fingerprint density at radius 3 is 2.46 bits per heavy atom. The summed E-state index contributed by atoms with van der Waals surface area (Å²) in [6, 6.07) is 13.5. The van der Waals surface area contributed by atoms with Gasteiger partial charge in [0.25, 0.3) is 0 Å². The molecular formula is C20H29IN6O. The highest BCUT2D eigenvalue weighted by Crippen LogP contribution is 2.09. The molecule has 2 amide bonds. The zero-order valence-corrected chi connectivity index (χ0v) is 18.9. The van der Waals surface area contributed by atoms with E-state index in [1.165, 1.54) is 0 Å². The number of pyridine rings is 1. The number of aromatic nitrogens is 1. The second-order valence-corrected chi connectivity index (χ2v) is 6.37. The van der Waals surface area contributed by atoms with Crippen LogP contribution in [0.1, 0.15) is 25.1 Å². The standard InChI is InChI=1S/C20H28N6O.HI/c1-15(2)25-20(27)26-18-9-7-16(8-10-18)14-24-19(21-3)23-13-11-17-6-4-5-12-22-17;/h4-10,12,15H,11,13-14H2,1-3H3,(H2,21,23,24)(H2,25,26,27);1H. The molecule has 7 nitrogen and oxygen atoms in total. The minimum Gasteiger partial charge on any atom is -0.356 e. The van der Waals surface area contributed by atoms with Gasteiger partial charge in [-0.3, -0.25) is 9.98 Å². The Hall–Kier alpha value is -2.36. The molecule has 0 saturated carbocycles. The van der Waals surface area contributed by atoms with Crippen LogP contribution in [0, 0.1) is 0 Å². The van der Waals surface area contributed by atoms with Gasteiger partial charge >= 0.3 is 6.03 Å². The Bertz CT molecular complexity index is 734. The van der Waals surface area contributed by atoms with Crippen LogP contribution in [0.5, 0.6) is 0 Å². The first-order valence-corrected chi connectivity index (χ1v) is 9.07. The molecule has 0 radical (unpaired) electrons. The van der Waals surface area contributed by atoms with Crippen LogP contribution in [0.2, 0.25) is 0 Å². The maximum absolute atomic E-state index is 11.7. The minimum atomic E-state index is -0.201. The van der Waals surface area contributed by atoms with Gasteiger partial charge in [0, 0.05) is 50.2 Å². The summed E-state index contributed by atoms with van der Waals surface area (Å²) in [7, 11) is 1.75. The van der Waals surface area contributed by atoms with E-state index < -0.39 is 0 Å². The third kappa shape index (κ3) is 9.03. The second kappa shape index (κ2) is 12.9. The van der Waals surface area contributed by atoms with E-state index in [-0.39, 0.29) is 36.0 Å². The van der Waals surface area contributed by atoms with Crippen LogP contribution >= 0.6 is 24.0 Å². The van der Waals surface area contributed by atoms with Crippen LogP contribution in [0.15, 0.2) is 53.7 Å². The number of amides is 2. The van der Waals surface area contributed by atoms with E-state index in [2.05, 4.69) is 31.2 Å². The summed E-state index contributed by atoms with van der Waals surface area (Å²) in [6.07, 6.45) is 2.63. The number of aliphatic imine (C=N–C) groups is 1. The van der Waals surface area contributed by atoms with Crippen molar-refractivity contribution in [3.8, 4) is 0 Å². The molecule has 152 valence electrons. The van der Waals surface area contributed by atoms with Crippen LogP contribution in [-0.2, 0) is 13.0 Å². The van der Waals surface area contributed by atoms with Gasteiger partial charge in [0.05, 0.1) is 0 Å². The highest BCUT2D eigenvalue weighted by Gasteiger charge is 2.04. The lowest BCUT2D eigenvalue weighted by Crippen LogP contribution is -2.37. The van der Waals surface area contributed by atoms with Crippen molar-refractivity contribution in [2.45, 2.75) is 32.9 Å². The molecule has 0 aliphatic carbocycles. The van der Waals surface area contributed by atoms with E-state index in [1.807, 2.05) is 56.3 Å². The molecule has 2 rings (SSSR count). The van der Waals surface area contributed by atoms with Crippen molar-refractivity contribution in [2.75, 3.05) is 18.9 Å². The summed E-state index contributed by atoms with van der Waals surface area (Å²) in [5, 5.41) is 12.2. The van der Waals surface area contributed by atoms with Gasteiger partial charge in [0.2, 0.25) is 0 Å². The SMILES string of the molecule is CN=C(NCCc1ccccn1)NCc1ccc(NC(=O)NC(C)C)cc1.I.